The van der Waals surface area contributed by atoms with Gasteiger partial charge in [0.1, 0.15) is 23.2 Å². The van der Waals surface area contributed by atoms with E-state index in [0.717, 1.165) is 6.42 Å². The molecule has 8 nitrogen and oxygen atoms in total. The van der Waals surface area contributed by atoms with Gasteiger partial charge in [-0.3, -0.25) is 19.2 Å². The molecule has 0 spiro atoms. The van der Waals surface area contributed by atoms with Crippen molar-refractivity contribution in [2.75, 3.05) is 7.11 Å². The minimum atomic E-state index is -1.13. The second kappa shape index (κ2) is 8.94. The van der Waals surface area contributed by atoms with Crippen LogP contribution in [0.5, 0.6) is 0 Å². The number of carbonyl (C=O) groups is 5. The van der Waals surface area contributed by atoms with Crippen LogP contribution in [-0.2, 0) is 33.4 Å². The Balaban J connectivity index is 1.79. The summed E-state index contributed by atoms with van der Waals surface area (Å²) in [4.78, 5) is 63.0. The third-order valence-electron chi connectivity index (χ3n) is 7.94. The number of nitrogens with one attached hydrogen (secondary N) is 1. The van der Waals surface area contributed by atoms with Gasteiger partial charge in [0.25, 0.3) is 0 Å². The predicted octanol–water partition coefficient (Wildman–Crippen LogP) is 2.37. The molecule has 0 aromatic heterocycles. The number of amides is 1. The Morgan fingerprint density at radius 2 is 1.84 bits per heavy atom. The maximum absolute atomic E-state index is 13.3. The third-order valence-corrected chi connectivity index (χ3v) is 7.94. The monoisotopic (exact) mass is 449 g/mol. The maximum atomic E-state index is 13.3. The molecule has 1 aliphatic heterocycles. The van der Waals surface area contributed by atoms with Crippen LogP contribution in [0.4, 0.5) is 0 Å². The lowest BCUT2D eigenvalue weighted by Gasteiger charge is -2.48. The SMILES string of the molecule is COC(=O)C(NC(=O)CCC1(C)OC(=O)CCC2C1C(=O)CC1(C)C(=O)CCC21)C(C)C. The minimum Gasteiger partial charge on any atom is -0.467 e. The molecule has 0 radical (unpaired) electrons. The van der Waals surface area contributed by atoms with Crippen molar-refractivity contribution in [3.05, 3.63) is 0 Å². The summed E-state index contributed by atoms with van der Waals surface area (Å²) in [6.07, 6.45) is 2.24. The number of esters is 2. The van der Waals surface area contributed by atoms with Crippen molar-refractivity contribution in [3.63, 3.8) is 0 Å². The zero-order chi connectivity index (χ0) is 23.8. The van der Waals surface area contributed by atoms with Gasteiger partial charge in [0.05, 0.1) is 13.0 Å². The minimum absolute atomic E-state index is 0.00135. The lowest BCUT2D eigenvalue weighted by Crippen LogP contribution is -2.55. The van der Waals surface area contributed by atoms with Crippen LogP contribution in [0, 0.1) is 29.1 Å². The summed E-state index contributed by atoms with van der Waals surface area (Å²) in [6.45, 7) is 7.24. The molecular formula is C24H35NO7. The molecule has 2 saturated carbocycles. The lowest BCUT2D eigenvalue weighted by atomic mass is 9.55. The zero-order valence-corrected chi connectivity index (χ0v) is 19.7. The Morgan fingerprint density at radius 3 is 2.47 bits per heavy atom. The molecule has 6 atom stereocenters. The quantitative estimate of drug-likeness (QED) is 0.619. The normalized spacial score (nSPS) is 35.4. The van der Waals surface area contributed by atoms with Crippen LogP contribution >= 0.6 is 0 Å². The lowest BCUT2D eigenvalue weighted by molar-refractivity contribution is -0.172. The first-order valence-corrected chi connectivity index (χ1v) is 11.6. The van der Waals surface area contributed by atoms with Gasteiger partial charge in [0, 0.05) is 31.1 Å². The van der Waals surface area contributed by atoms with Crippen molar-refractivity contribution in [1.29, 1.82) is 0 Å². The molecule has 3 rings (SSSR count). The Bertz CT molecular complexity index is 821. The van der Waals surface area contributed by atoms with Gasteiger partial charge in [0.15, 0.2) is 0 Å². The second-order valence-corrected chi connectivity index (χ2v) is 10.4. The second-order valence-electron chi connectivity index (χ2n) is 10.4. The summed E-state index contributed by atoms with van der Waals surface area (Å²) in [5, 5.41) is 2.70. The van der Waals surface area contributed by atoms with E-state index >= 15 is 0 Å². The molecule has 3 aliphatic rings. The number of ketones is 2. The molecule has 6 unspecified atom stereocenters. The van der Waals surface area contributed by atoms with E-state index in [-0.39, 0.29) is 66.9 Å². The molecule has 1 saturated heterocycles. The van der Waals surface area contributed by atoms with E-state index in [2.05, 4.69) is 5.32 Å². The fourth-order valence-electron chi connectivity index (χ4n) is 6.22. The van der Waals surface area contributed by atoms with E-state index in [9.17, 15) is 24.0 Å². The first-order valence-electron chi connectivity index (χ1n) is 11.6. The number of ether oxygens (including phenoxy) is 2. The van der Waals surface area contributed by atoms with Crippen LogP contribution in [-0.4, -0.2) is 48.2 Å². The van der Waals surface area contributed by atoms with Gasteiger partial charge in [-0.2, -0.15) is 0 Å². The predicted molar refractivity (Wildman–Crippen MR) is 114 cm³/mol. The van der Waals surface area contributed by atoms with Crippen molar-refractivity contribution in [2.45, 2.75) is 84.3 Å². The maximum Gasteiger partial charge on any atom is 0.328 e. The van der Waals surface area contributed by atoms with Gasteiger partial charge in [0.2, 0.25) is 5.91 Å². The van der Waals surface area contributed by atoms with Gasteiger partial charge in [-0.15, -0.1) is 0 Å². The highest BCUT2D eigenvalue weighted by Crippen LogP contribution is 2.57. The van der Waals surface area contributed by atoms with E-state index < -0.39 is 28.9 Å². The van der Waals surface area contributed by atoms with Crippen LogP contribution in [0.3, 0.4) is 0 Å². The standard InChI is InChI=1S/C24H35NO7/c1-13(2)21(22(30)31-5)25-18(28)10-11-24(4)20-14(6-9-19(29)32-24)15-7-8-17(27)23(15,3)12-16(20)26/h13-15,20-21H,6-12H2,1-5H3,(H,25,28). The summed E-state index contributed by atoms with van der Waals surface area (Å²) in [5.41, 5.74) is -1.78. The van der Waals surface area contributed by atoms with E-state index in [1.54, 1.807) is 20.8 Å². The molecule has 8 heteroatoms. The first kappa shape index (κ1) is 24.4. The molecule has 32 heavy (non-hydrogen) atoms. The van der Waals surface area contributed by atoms with Crippen molar-refractivity contribution in [2.24, 2.45) is 29.1 Å². The number of hydrogen-bond acceptors (Lipinski definition) is 7. The van der Waals surface area contributed by atoms with Crippen LogP contribution < -0.4 is 5.32 Å². The average molecular weight is 450 g/mol. The van der Waals surface area contributed by atoms with Gasteiger partial charge >= 0.3 is 11.9 Å². The number of carbonyl (C=O) groups excluding carboxylic acids is 5. The highest BCUT2D eigenvalue weighted by Gasteiger charge is 2.61. The van der Waals surface area contributed by atoms with E-state index in [1.165, 1.54) is 7.11 Å². The summed E-state index contributed by atoms with van der Waals surface area (Å²) in [6, 6.07) is -0.772. The fraction of sp³-hybridized carbons (Fsp3) is 0.792. The van der Waals surface area contributed by atoms with E-state index in [1.807, 2.05) is 6.92 Å². The van der Waals surface area contributed by atoms with Crippen molar-refractivity contribution < 1.29 is 33.4 Å². The summed E-state index contributed by atoms with van der Waals surface area (Å²) in [5.74, 6) is -1.95. The molecule has 0 aromatic rings. The largest absolute Gasteiger partial charge is 0.467 e. The zero-order valence-electron chi connectivity index (χ0n) is 19.7. The smallest absolute Gasteiger partial charge is 0.328 e. The first-order chi connectivity index (χ1) is 14.9. The molecular weight excluding hydrogens is 414 g/mol. The average Bonchev–Trinajstić information content (AvgIpc) is 2.93. The number of rotatable bonds is 6. The van der Waals surface area contributed by atoms with Crippen molar-refractivity contribution in [3.8, 4) is 0 Å². The molecule has 0 bridgehead atoms. The van der Waals surface area contributed by atoms with Crippen LogP contribution in [0.15, 0.2) is 0 Å². The van der Waals surface area contributed by atoms with E-state index in [4.69, 9.17) is 9.47 Å². The van der Waals surface area contributed by atoms with Gasteiger partial charge in [-0.1, -0.05) is 20.8 Å². The highest BCUT2D eigenvalue weighted by molar-refractivity contribution is 5.96. The topological polar surface area (TPSA) is 116 Å². The number of hydrogen-bond donors (Lipinski definition) is 1. The molecule has 1 heterocycles. The van der Waals surface area contributed by atoms with Crippen LogP contribution in [0.25, 0.3) is 0 Å². The Hall–Kier alpha value is -2.25. The number of methoxy groups -OCH3 is 1. The fourth-order valence-corrected chi connectivity index (χ4v) is 6.22. The molecule has 1 amide bonds. The Kier molecular flexibility index (Phi) is 6.82. The van der Waals surface area contributed by atoms with Gasteiger partial charge < -0.3 is 14.8 Å². The summed E-state index contributed by atoms with van der Waals surface area (Å²) >= 11 is 0. The summed E-state index contributed by atoms with van der Waals surface area (Å²) < 4.78 is 10.6. The molecule has 3 fully saturated rings. The van der Waals surface area contributed by atoms with Crippen LogP contribution in [0.1, 0.15) is 72.6 Å². The van der Waals surface area contributed by atoms with Gasteiger partial charge in [-0.05, 0) is 43.9 Å². The van der Waals surface area contributed by atoms with Gasteiger partial charge in [-0.25, -0.2) is 4.79 Å². The Morgan fingerprint density at radius 1 is 1.16 bits per heavy atom. The van der Waals surface area contributed by atoms with Crippen molar-refractivity contribution >= 4 is 29.4 Å². The van der Waals surface area contributed by atoms with E-state index in [0.29, 0.717) is 12.8 Å². The molecule has 1 N–H and O–H groups in total. The third kappa shape index (κ3) is 4.33. The molecule has 0 aromatic carbocycles. The number of cyclic esters (lactones) is 1. The summed E-state index contributed by atoms with van der Waals surface area (Å²) in [7, 11) is 1.27. The van der Waals surface area contributed by atoms with Crippen LogP contribution in [0.2, 0.25) is 0 Å². The highest BCUT2D eigenvalue weighted by atomic mass is 16.6. The molecule has 178 valence electrons. The molecule has 2 aliphatic carbocycles. The Labute approximate surface area is 189 Å². The van der Waals surface area contributed by atoms with Crippen molar-refractivity contribution in [1.82, 2.24) is 5.32 Å². The number of fused-ring (bicyclic) bond motifs is 3. The number of Topliss-reactive ketones (excluding diaryl/α,β-unsaturated/α-hetero) is 2.